The first-order valence-corrected chi connectivity index (χ1v) is 7.55. The normalized spacial score (nSPS) is 32.1. The van der Waals surface area contributed by atoms with E-state index in [9.17, 15) is 4.79 Å². The molecule has 0 spiro atoms. The van der Waals surface area contributed by atoms with Gasteiger partial charge in [0.2, 0.25) is 0 Å². The van der Waals surface area contributed by atoms with Crippen molar-refractivity contribution >= 4 is 5.97 Å². The quantitative estimate of drug-likeness (QED) is 0.809. The molecule has 0 atom stereocenters. The van der Waals surface area contributed by atoms with Crippen molar-refractivity contribution in [2.75, 3.05) is 6.54 Å². The fraction of sp³-hybridized carbons (Fsp3) is 0.933. The zero-order valence-electron chi connectivity index (χ0n) is 11.6. The average Bonchev–Trinajstić information content (AvgIpc) is 2.38. The van der Waals surface area contributed by atoms with Crippen molar-refractivity contribution in [1.82, 2.24) is 5.32 Å². The highest BCUT2D eigenvalue weighted by molar-refractivity contribution is 5.70. The largest absolute Gasteiger partial charge is 0.481 e. The molecule has 0 aromatic carbocycles. The third-order valence-corrected chi connectivity index (χ3v) is 4.95. The molecule has 0 aromatic rings. The maximum atomic E-state index is 10.9. The van der Waals surface area contributed by atoms with Gasteiger partial charge in [-0.25, -0.2) is 0 Å². The summed E-state index contributed by atoms with van der Waals surface area (Å²) >= 11 is 0. The molecule has 3 nitrogen and oxygen atoms in total. The lowest BCUT2D eigenvalue weighted by molar-refractivity contribution is -0.142. The summed E-state index contributed by atoms with van der Waals surface area (Å²) in [6.45, 7) is 3.53. The van der Waals surface area contributed by atoms with Crippen LogP contribution in [0.1, 0.15) is 64.7 Å². The van der Waals surface area contributed by atoms with Gasteiger partial charge in [-0.15, -0.1) is 0 Å². The minimum atomic E-state index is -0.604. The van der Waals surface area contributed by atoms with Gasteiger partial charge in [0.25, 0.3) is 0 Å². The van der Waals surface area contributed by atoms with Crippen molar-refractivity contribution in [3.8, 4) is 0 Å². The lowest BCUT2D eigenvalue weighted by atomic mass is 9.75. The predicted molar refractivity (Wildman–Crippen MR) is 72.6 cm³/mol. The van der Waals surface area contributed by atoms with Gasteiger partial charge >= 0.3 is 5.97 Å². The molecule has 2 fully saturated rings. The van der Waals surface area contributed by atoms with Crippen LogP contribution in [0.5, 0.6) is 0 Å². The first-order valence-electron chi connectivity index (χ1n) is 7.55. The van der Waals surface area contributed by atoms with Crippen molar-refractivity contribution in [2.24, 2.45) is 11.3 Å². The Balaban J connectivity index is 1.70. The van der Waals surface area contributed by atoms with Gasteiger partial charge in [0.1, 0.15) is 0 Å². The standard InChI is InChI=1S/C15H27NO2/c1-15(9-3-2-4-10-15)11-16-13-7-5-12(6-8-13)14(17)18/h12-13,16H,2-11H2,1H3,(H,17,18). The average molecular weight is 253 g/mol. The summed E-state index contributed by atoms with van der Waals surface area (Å²) in [5.74, 6) is -0.694. The molecule has 104 valence electrons. The SMILES string of the molecule is CC1(CNC2CCC(C(=O)O)CC2)CCCCC1. The zero-order valence-corrected chi connectivity index (χ0v) is 11.6. The van der Waals surface area contributed by atoms with Crippen LogP contribution in [-0.4, -0.2) is 23.7 Å². The number of carbonyl (C=O) groups is 1. The minimum absolute atomic E-state index is 0.0895. The van der Waals surface area contributed by atoms with Gasteiger partial charge in [0.05, 0.1) is 5.92 Å². The molecule has 2 aliphatic carbocycles. The molecule has 18 heavy (non-hydrogen) atoms. The number of carboxylic acids is 1. The van der Waals surface area contributed by atoms with Gasteiger partial charge in [-0.05, 0) is 43.9 Å². The minimum Gasteiger partial charge on any atom is -0.481 e. The second kappa shape index (κ2) is 6.05. The molecule has 0 aliphatic heterocycles. The Bertz CT molecular complexity index is 276. The number of nitrogens with one attached hydrogen (secondary N) is 1. The molecule has 2 saturated carbocycles. The van der Waals surface area contributed by atoms with Gasteiger partial charge in [-0.1, -0.05) is 26.2 Å². The van der Waals surface area contributed by atoms with Crippen molar-refractivity contribution in [3.05, 3.63) is 0 Å². The summed E-state index contributed by atoms with van der Waals surface area (Å²) in [6, 6.07) is 0.555. The monoisotopic (exact) mass is 253 g/mol. The maximum Gasteiger partial charge on any atom is 0.306 e. The summed E-state index contributed by atoms with van der Waals surface area (Å²) < 4.78 is 0. The Labute approximate surface area is 110 Å². The molecular formula is C15H27NO2. The molecule has 3 heteroatoms. The van der Waals surface area contributed by atoms with Gasteiger partial charge in [0, 0.05) is 12.6 Å². The summed E-state index contributed by atoms with van der Waals surface area (Å²) in [5, 5.41) is 12.7. The van der Waals surface area contributed by atoms with E-state index in [0.29, 0.717) is 11.5 Å². The van der Waals surface area contributed by atoms with E-state index in [2.05, 4.69) is 12.2 Å². The molecule has 0 amide bonds. The molecule has 0 bridgehead atoms. The molecule has 2 rings (SSSR count). The number of rotatable bonds is 4. The van der Waals surface area contributed by atoms with Crippen LogP contribution in [0.25, 0.3) is 0 Å². The third-order valence-electron chi connectivity index (χ3n) is 4.95. The van der Waals surface area contributed by atoms with E-state index in [1.807, 2.05) is 0 Å². The van der Waals surface area contributed by atoms with E-state index in [0.717, 1.165) is 32.2 Å². The van der Waals surface area contributed by atoms with Crippen molar-refractivity contribution in [3.63, 3.8) is 0 Å². The van der Waals surface area contributed by atoms with Crippen LogP contribution >= 0.6 is 0 Å². The summed E-state index contributed by atoms with van der Waals surface area (Å²) in [5.41, 5.74) is 0.488. The topological polar surface area (TPSA) is 49.3 Å². The van der Waals surface area contributed by atoms with Crippen molar-refractivity contribution < 1.29 is 9.90 Å². The number of hydrogen-bond donors (Lipinski definition) is 2. The lowest BCUT2D eigenvalue weighted by Gasteiger charge is -2.36. The first kappa shape index (κ1) is 13.9. The van der Waals surface area contributed by atoms with Crippen LogP contribution < -0.4 is 5.32 Å². The lowest BCUT2D eigenvalue weighted by Crippen LogP contribution is -2.41. The van der Waals surface area contributed by atoms with E-state index in [1.165, 1.54) is 32.1 Å². The van der Waals surface area contributed by atoms with Crippen LogP contribution in [-0.2, 0) is 4.79 Å². The Morgan fingerprint density at radius 2 is 1.78 bits per heavy atom. The Morgan fingerprint density at radius 3 is 2.33 bits per heavy atom. The van der Waals surface area contributed by atoms with Crippen LogP contribution in [0.15, 0.2) is 0 Å². The number of hydrogen-bond acceptors (Lipinski definition) is 2. The van der Waals surface area contributed by atoms with Crippen LogP contribution in [0, 0.1) is 11.3 Å². The Morgan fingerprint density at radius 1 is 1.17 bits per heavy atom. The highest BCUT2D eigenvalue weighted by Crippen LogP contribution is 2.35. The molecule has 0 radical (unpaired) electrons. The summed E-state index contributed by atoms with van der Waals surface area (Å²) in [4.78, 5) is 10.9. The van der Waals surface area contributed by atoms with Gasteiger partial charge in [-0.3, -0.25) is 4.79 Å². The van der Waals surface area contributed by atoms with E-state index in [-0.39, 0.29) is 5.92 Å². The van der Waals surface area contributed by atoms with E-state index in [4.69, 9.17) is 5.11 Å². The molecule has 0 unspecified atom stereocenters. The van der Waals surface area contributed by atoms with Crippen molar-refractivity contribution in [2.45, 2.75) is 70.8 Å². The Hall–Kier alpha value is -0.570. The fourth-order valence-electron chi connectivity index (χ4n) is 3.52. The van der Waals surface area contributed by atoms with Crippen LogP contribution in [0.2, 0.25) is 0 Å². The second-order valence-corrected chi connectivity index (χ2v) is 6.64. The molecule has 2 N–H and O–H groups in total. The number of aliphatic carboxylic acids is 1. The number of carboxylic acid groups (broad SMARTS) is 1. The molecule has 0 saturated heterocycles. The molecule has 2 aliphatic rings. The summed E-state index contributed by atoms with van der Waals surface area (Å²) in [7, 11) is 0. The molecular weight excluding hydrogens is 226 g/mol. The molecule has 0 heterocycles. The van der Waals surface area contributed by atoms with E-state index >= 15 is 0 Å². The first-order chi connectivity index (χ1) is 8.59. The van der Waals surface area contributed by atoms with Gasteiger partial charge in [0.15, 0.2) is 0 Å². The third kappa shape index (κ3) is 3.71. The smallest absolute Gasteiger partial charge is 0.306 e. The zero-order chi connectivity index (χ0) is 13.0. The van der Waals surface area contributed by atoms with E-state index in [1.54, 1.807) is 0 Å². The van der Waals surface area contributed by atoms with Gasteiger partial charge < -0.3 is 10.4 Å². The van der Waals surface area contributed by atoms with Crippen LogP contribution in [0.3, 0.4) is 0 Å². The van der Waals surface area contributed by atoms with E-state index < -0.39 is 5.97 Å². The highest BCUT2D eigenvalue weighted by Gasteiger charge is 2.29. The van der Waals surface area contributed by atoms with Gasteiger partial charge in [-0.2, -0.15) is 0 Å². The van der Waals surface area contributed by atoms with Crippen LogP contribution in [0.4, 0.5) is 0 Å². The van der Waals surface area contributed by atoms with Crippen molar-refractivity contribution in [1.29, 1.82) is 0 Å². The Kier molecular flexibility index (Phi) is 4.66. The maximum absolute atomic E-state index is 10.9. The second-order valence-electron chi connectivity index (χ2n) is 6.64. The highest BCUT2D eigenvalue weighted by atomic mass is 16.4. The summed E-state index contributed by atoms with van der Waals surface area (Å²) in [6.07, 6.45) is 10.6. The molecule has 0 aromatic heterocycles. The predicted octanol–water partition coefficient (Wildman–Crippen LogP) is 3.19. The fourth-order valence-corrected chi connectivity index (χ4v) is 3.52.